The fourth-order valence-electron chi connectivity index (χ4n) is 8.42. The highest BCUT2D eigenvalue weighted by Crippen LogP contribution is 2.52. The lowest BCUT2D eigenvalue weighted by atomic mass is 9.64. The molecule has 3 heterocycles. The van der Waals surface area contributed by atoms with Crippen molar-refractivity contribution in [1.29, 1.82) is 5.26 Å². The zero-order valence-electron chi connectivity index (χ0n) is 23.5. The molecule has 8 heteroatoms. The first-order chi connectivity index (χ1) is 19.0. The second-order valence-corrected chi connectivity index (χ2v) is 13.0. The Morgan fingerprint density at radius 3 is 2.90 bits per heavy atom. The fourth-order valence-corrected chi connectivity index (χ4v) is 8.69. The van der Waals surface area contributed by atoms with Crippen LogP contribution in [-0.4, -0.2) is 91.7 Å². The molecular formula is C31H45ClN6O. The number of hydrogen-bond donors (Lipinski definition) is 2. The van der Waals surface area contributed by atoms with E-state index in [1.54, 1.807) is 0 Å². The molecule has 212 valence electrons. The predicted octanol–water partition coefficient (Wildman–Crippen LogP) is 3.69. The van der Waals surface area contributed by atoms with Crippen LogP contribution < -0.4 is 10.6 Å². The van der Waals surface area contributed by atoms with Crippen molar-refractivity contribution in [2.24, 2.45) is 5.92 Å². The lowest BCUT2D eigenvalue weighted by Gasteiger charge is -2.55. The average molecular weight is 553 g/mol. The lowest BCUT2D eigenvalue weighted by molar-refractivity contribution is -0.110. The van der Waals surface area contributed by atoms with E-state index in [1.807, 2.05) is 6.08 Å². The number of nitrogens with one attached hydrogen (secondary N) is 2. The summed E-state index contributed by atoms with van der Waals surface area (Å²) in [5.74, 6) is 0.501. The van der Waals surface area contributed by atoms with Crippen LogP contribution in [0.4, 0.5) is 0 Å². The number of hydrogen-bond acceptors (Lipinski definition) is 7. The van der Waals surface area contributed by atoms with Crippen molar-refractivity contribution in [2.75, 3.05) is 46.4 Å². The molecule has 0 aromatic heterocycles. The van der Waals surface area contributed by atoms with Gasteiger partial charge in [0, 0.05) is 55.2 Å². The third-order valence-electron chi connectivity index (χ3n) is 10.6. The lowest BCUT2D eigenvalue weighted by Crippen LogP contribution is -2.72. The second-order valence-electron chi connectivity index (χ2n) is 12.6. The van der Waals surface area contributed by atoms with E-state index in [0.29, 0.717) is 24.4 Å². The highest BCUT2D eigenvalue weighted by atomic mass is 35.5. The normalized spacial score (nSPS) is 37.5. The van der Waals surface area contributed by atoms with E-state index in [1.165, 1.54) is 43.2 Å². The number of rotatable bonds is 7. The number of ether oxygens (including phenoxy) is 1. The molecule has 0 radical (unpaired) electrons. The van der Waals surface area contributed by atoms with Crippen molar-refractivity contribution in [1.82, 2.24) is 25.3 Å². The standard InChI is InChI=1S/C31H45ClN6O/c1-3-15-37-17-18-38(20-22(37)11-14-33)29-25-10-13-31(12-9-24-26(31)7-4-8-27(24)32)19-28(25)34-30(35-29)39-21-23-6-5-16-36(23)2/h3-4,7-8,22-23,25,28-30,34-35H,1,5-6,9-13,15-21H2,2H3/t22-,23-,25?,28?,29?,30?,31+/m1/s1. The van der Waals surface area contributed by atoms with Crippen LogP contribution in [0, 0.1) is 17.2 Å². The molecule has 1 spiro atoms. The maximum atomic E-state index is 9.56. The van der Waals surface area contributed by atoms with Gasteiger partial charge in [-0.15, -0.1) is 6.58 Å². The van der Waals surface area contributed by atoms with E-state index >= 15 is 0 Å². The first-order valence-corrected chi connectivity index (χ1v) is 15.5. The highest BCUT2D eigenvalue weighted by Gasteiger charge is 2.51. The quantitative estimate of drug-likeness (QED) is 0.500. The van der Waals surface area contributed by atoms with Crippen LogP contribution in [0.5, 0.6) is 0 Å². The average Bonchev–Trinajstić information content (AvgIpc) is 3.52. The Bertz CT molecular complexity index is 1080. The van der Waals surface area contributed by atoms with Crippen LogP contribution in [0.25, 0.3) is 0 Å². The van der Waals surface area contributed by atoms with Crippen LogP contribution in [-0.2, 0) is 16.6 Å². The summed E-state index contributed by atoms with van der Waals surface area (Å²) in [6.45, 7) is 9.58. The minimum absolute atomic E-state index is 0.166. The zero-order chi connectivity index (χ0) is 27.0. The Balaban J connectivity index is 1.22. The molecular weight excluding hydrogens is 508 g/mol. The molecule has 0 bridgehead atoms. The smallest absolute Gasteiger partial charge is 0.164 e. The third-order valence-corrected chi connectivity index (χ3v) is 10.9. The van der Waals surface area contributed by atoms with E-state index in [9.17, 15) is 5.26 Å². The van der Waals surface area contributed by atoms with Gasteiger partial charge in [0.05, 0.1) is 25.3 Å². The largest absolute Gasteiger partial charge is 0.348 e. The van der Waals surface area contributed by atoms with Gasteiger partial charge < -0.3 is 9.64 Å². The number of fused-ring (bicyclic) bond motifs is 3. The number of nitriles is 1. The minimum Gasteiger partial charge on any atom is -0.348 e. The zero-order valence-corrected chi connectivity index (χ0v) is 24.2. The van der Waals surface area contributed by atoms with Gasteiger partial charge in [-0.1, -0.05) is 29.8 Å². The first kappa shape index (κ1) is 27.7. The monoisotopic (exact) mass is 552 g/mol. The van der Waals surface area contributed by atoms with Gasteiger partial charge >= 0.3 is 0 Å². The topological polar surface area (TPSA) is 66.8 Å². The first-order valence-electron chi connectivity index (χ1n) is 15.1. The second kappa shape index (κ2) is 11.8. The molecule has 2 aliphatic carbocycles. The number of likely N-dealkylation sites (N-methyl/N-ethyl adjacent to an activating group) is 1. The molecule has 6 rings (SSSR count). The third kappa shape index (κ3) is 5.42. The SMILES string of the molecule is C=CCN1CCN(C2NC(OC[C@H]3CCCN3C)NC3C[C@]4(CCc5c(Cl)cccc54)CCC32)C[C@H]1CC#N. The van der Waals surface area contributed by atoms with Crippen molar-refractivity contribution < 1.29 is 4.74 Å². The van der Waals surface area contributed by atoms with Gasteiger partial charge in [-0.25, -0.2) is 0 Å². The Morgan fingerprint density at radius 1 is 1.21 bits per heavy atom. The molecule has 1 aromatic rings. The summed E-state index contributed by atoms with van der Waals surface area (Å²) in [4.78, 5) is 7.48. The van der Waals surface area contributed by atoms with Crippen LogP contribution in [0.1, 0.15) is 56.1 Å². The number of piperazine rings is 1. The van der Waals surface area contributed by atoms with E-state index < -0.39 is 0 Å². The molecule has 0 amide bonds. The summed E-state index contributed by atoms with van der Waals surface area (Å²) in [6, 6.07) is 10.1. The fraction of sp³-hybridized carbons (Fsp3) is 0.710. The number of benzene rings is 1. The maximum Gasteiger partial charge on any atom is 0.164 e. The van der Waals surface area contributed by atoms with E-state index in [4.69, 9.17) is 16.3 Å². The molecule has 7 atom stereocenters. The van der Waals surface area contributed by atoms with Crippen molar-refractivity contribution in [3.63, 3.8) is 0 Å². The van der Waals surface area contributed by atoms with E-state index in [2.05, 4.69) is 63.2 Å². The molecule has 1 saturated carbocycles. The summed E-state index contributed by atoms with van der Waals surface area (Å²) in [5, 5.41) is 18.3. The van der Waals surface area contributed by atoms with Gasteiger partial charge in [0.25, 0.3) is 0 Å². The number of halogens is 1. The Morgan fingerprint density at radius 2 is 2.10 bits per heavy atom. The van der Waals surface area contributed by atoms with Crippen LogP contribution in [0.3, 0.4) is 0 Å². The van der Waals surface area contributed by atoms with Crippen molar-refractivity contribution in [3.05, 3.63) is 47.0 Å². The van der Waals surface area contributed by atoms with Crippen molar-refractivity contribution in [2.45, 2.75) is 87.4 Å². The van der Waals surface area contributed by atoms with Gasteiger partial charge in [0.2, 0.25) is 0 Å². The maximum absolute atomic E-state index is 9.56. The molecule has 5 aliphatic rings. The van der Waals surface area contributed by atoms with Crippen LogP contribution >= 0.6 is 11.6 Å². The van der Waals surface area contributed by atoms with Crippen molar-refractivity contribution in [3.8, 4) is 6.07 Å². The highest BCUT2D eigenvalue weighted by molar-refractivity contribution is 6.31. The van der Waals surface area contributed by atoms with E-state index in [0.717, 1.165) is 57.2 Å². The summed E-state index contributed by atoms with van der Waals surface area (Å²) in [7, 11) is 2.22. The summed E-state index contributed by atoms with van der Waals surface area (Å²) >= 11 is 6.66. The predicted molar refractivity (Wildman–Crippen MR) is 155 cm³/mol. The molecule has 1 aromatic carbocycles. The summed E-state index contributed by atoms with van der Waals surface area (Å²) in [6.07, 6.45) is 10.9. The van der Waals surface area contributed by atoms with Gasteiger partial charge in [0.1, 0.15) is 0 Å². The van der Waals surface area contributed by atoms with E-state index in [-0.39, 0.29) is 24.0 Å². The summed E-state index contributed by atoms with van der Waals surface area (Å²) < 4.78 is 6.59. The Hall–Kier alpha value is -1.50. The van der Waals surface area contributed by atoms with Gasteiger partial charge in [-0.05, 0) is 81.1 Å². The van der Waals surface area contributed by atoms with Crippen LogP contribution in [0.2, 0.25) is 5.02 Å². The van der Waals surface area contributed by atoms with Gasteiger partial charge in [0.15, 0.2) is 6.35 Å². The molecule has 2 N–H and O–H groups in total. The number of nitrogens with zero attached hydrogens (tertiary/aromatic N) is 4. The van der Waals surface area contributed by atoms with Crippen LogP contribution in [0.15, 0.2) is 30.9 Å². The molecule has 4 unspecified atom stereocenters. The van der Waals surface area contributed by atoms with Gasteiger partial charge in [-0.2, -0.15) is 5.26 Å². The molecule has 4 fully saturated rings. The number of likely N-dealkylation sites (tertiary alicyclic amines) is 1. The van der Waals surface area contributed by atoms with Crippen molar-refractivity contribution >= 4 is 11.6 Å². The Kier molecular flexibility index (Phi) is 8.35. The molecule has 3 saturated heterocycles. The molecule has 7 nitrogen and oxygen atoms in total. The molecule has 3 aliphatic heterocycles. The Labute approximate surface area is 239 Å². The van der Waals surface area contributed by atoms with Gasteiger partial charge in [-0.3, -0.25) is 20.4 Å². The molecule has 39 heavy (non-hydrogen) atoms. The summed E-state index contributed by atoms with van der Waals surface area (Å²) in [5.41, 5.74) is 3.07. The minimum atomic E-state index is -0.166.